The molecule has 0 unspecified atom stereocenters. The number of ether oxygens (including phenoxy) is 1. The highest BCUT2D eigenvalue weighted by molar-refractivity contribution is 6.08. The fourth-order valence-electron chi connectivity index (χ4n) is 4.19. The summed E-state index contributed by atoms with van der Waals surface area (Å²) < 4.78 is 6.20. The van der Waals surface area contributed by atoms with Crippen LogP contribution in [-0.2, 0) is 6.54 Å². The second kappa shape index (κ2) is 13.0. The molecule has 0 spiro atoms. The Morgan fingerprint density at radius 1 is 0.943 bits per heavy atom. The smallest absolute Gasteiger partial charge is 0.186 e. The third-order valence-electron chi connectivity index (χ3n) is 6.21. The Morgan fingerprint density at radius 3 is 2.37 bits per heavy atom. The van der Waals surface area contributed by atoms with Crippen molar-refractivity contribution in [2.45, 2.75) is 27.3 Å². The first-order valence-electron chi connectivity index (χ1n) is 12.4. The Kier molecular flexibility index (Phi) is 9.83. The maximum Gasteiger partial charge on any atom is 0.186 e. The standard InChI is InChI=1S/C31H38N2O2/c1-6-33(7-2)20-21-35-31-19-17-25(28-14-10-8-12-24(28)3)22-26(31)16-18-30(34)29-15-11-9-13-27(29)23-32(4)5/h8-19,22H,6-7,20-21,23H2,1-5H3. The normalized spacial score (nSPS) is 11.5. The molecule has 0 atom stereocenters. The highest BCUT2D eigenvalue weighted by Crippen LogP contribution is 2.30. The van der Waals surface area contributed by atoms with Gasteiger partial charge in [0, 0.05) is 24.2 Å². The lowest BCUT2D eigenvalue weighted by atomic mass is 9.97. The number of likely N-dealkylation sites (N-methyl/N-ethyl adjacent to an activating group) is 1. The molecule has 0 aromatic heterocycles. The fraction of sp³-hybridized carbons (Fsp3) is 0.323. The first kappa shape index (κ1) is 26.4. The highest BCUT2D eigenvalue weighted by Gasteiger charge is 2.11. The van der Waals surface area contributed by atoms with Gasteiger partial charge < -0.3 is 14.5 Å². The molecule has 184 valence electrons. The van der Waals surface area contributed by atoms with E-state index in [4.69, 9.17) is 4.74 Å². The predicted molar refractivity (Wildman–Crippen MR) is 147 cm³/mol. The lowest BCUT2D eigenvalue weighted by Gasteiger charge is -2.19. The summed E-state index contributed by atoms with van der Waals surface area (Å²) in [6.45, 7) is 10.6. The van der Waals surface area contributed by atoms with Crippen molar-refractivity contribution in [3.63, 3.8) is 0 Å². The molecule has 0 radical (unpaired) electrons. The quantitative estimate of drug-likeness (QED) is 0.228. The molecule has 0 heterocycles. The van der Waals surface area contributed by atoms with Crippen LogP contribution in [-0.4, -0.2) is 55.9 Å². The van der Waals surface area contributed by atoms with Gasteiger partial charge in [0.25, 0.3) is 0 Å². The van der Waals surface area contributed by atoms with E-state index in [0.29, 0.717) is 6.61 Å². The van der Waals surface area contributed by atoms with Crippen molar-refractivity contribution in [1.29, 1.82) is 0 Å². The van der Waals surface area contributed by atoms with Gasteiger partial charge in [-0.05, 0) is 80.6 Å². The maximum atomic E-state index is 13.2. The Labute approximate surface area is 210 Å². The van der Waals surface area contributed by atoms with Gasteiger partial charge in [0.1, 0.15) is 12.4 Å². The van der Waals surface area contributed by atoms with Crippen LogP contribution in [0.3, 0.4) is 0 Å². The fourth-order valence-corrected chi connectivity index (χ4v) is 4.19. The number of carbonyl (C=O) groups excluding carboxylic acids is 1. The van der Waals surface area contributed by atoms with Crippen LogP contribution < -0.4 is 4.74 Å². The summed E-state index contributed by atoms with van der Waals surface area (Å²) in [5.41, 5.74) is 6.17. The van der Waals surface area contributed by atoms with E-state index >= 15 is 0 Å². The second-order valence-electron chi connectivity index (χ2n) is 9.04. The van der Waals surface area contributed by atoms with E-state index in [1.165, 1.54) is 11.1 Å². The zero-order valence-corrected chi connectivity index (χ0v) is 21.8. The third-order valence-corrected chi connectivity index (χ3v) is 6.21. The van der Waals surface area contributed by atoms with E-state index in [1.807, 2.05) is 56.6 Å². The Hall–Kier alpha value is -3.21. The van der Waals surface area contributed by atoms with Crippen molar-refractivity contribution in [1.82, 2.24) is 9.80 Å². The topological polar surface area (TPSA) is 32.8 Å². The van der Waals surface area contributed by atoms with Crippen molar-refractivity contribution >= 4 is 11.9 Å². The predicted octanol–water partition coefficient (Wildman–Crippen LogP) is 6.34. The van der Waals surface area contributed by atoms with Gasteiger partial charge in [0.2, 0.25) is 0 Å². The molecule has 0 aliphatic carbocycles. The van der Waals surface area contributed by atoms with E-state index in [0.717, 1.165) is 54.2 Å². The van der Waals surface area contributed by atoms with Gasteiger partial charge in [-0.2, -0.15) is 0 Å². The van der Waals surface area contributed by atoms with Gasteiger partial charge in [0.15, 0.2) is 5.78 Å². The molecule has 0 amide bonds. The zero-order valence-electron chi connectivity index (χ0n) is 21.8. The summed E-state index contributed by atoms with van der Waals surface area (Å²) in [5.74, 6) is 0.790. The van der Waals surface area contributed by atoms with Crippen LogP contribution >= 0.6 is 0 Å². The first-order valence-corrected chi connectivity index (χ1v) is 12.4. The lowest BCUT2D eigenvalue weighted by Crippen LogP contribution is -2.28. The number of hydrogen-bond acceptors (Lipinski definition) is 4. The molecular formula is C31H38N2O2. The Bertz CT molecular complexity index is 1150. The summed E-state index contributed by atoms with van der Waals surface area (Å²) >= 11 is 0. The van der Waals surface area contributed by atoms with Gasteiger partial charge in [0.05, 0.1) is 0 Å². The van der Waals surface area contributed by atoms with Crippen molar-refractivity contribution in [3.05, 3.63) is 95.1 Å². The number of aryl methyl sites for hydroxylation is 1. The molecule has 0 fully saturated rings. The molecule has 3 aromatic carbocycles. The summed E-state index contributed by atoms with van der Waals surface area (Å²) in [6.07, 6.45) is 3.56. The van der Waals surface area contributed by atoms with Crippen molar-refractivity contribution in [3.8, 4) is 16.9 Å². The largest absolute Gasteiger partial charge is 0.492 e. The van der Waals surface area contributed by atoms with Crippen LogP contribution in [0.5, 0.6) is 5.75 Å². The Balaban J connectivity index is 1.91. The highest BCUT2D eigenvalue weighted by atomic mass is 16.5. The van der Waals surface area contributed by atoms with Crippen LogP contribution in [0.2, 0.25) is 0 Å². The number of carbonyl (C=O) groups is 1. The third kappa shape index (κ3) is 7.38. The van der Waals surface area contributed by atoms with E-state index in [9.17, 15) is 4.79 Å². The molecule has 0 aliphatic heterocycles. The molecule has 0 saturated heterocycles. The number of hydrogen-bond donors (Lipinski definition) is 0. The first-order chi connectivity index (χ1) is 16.9. The van der Waals surface area contributed by atoms with Crippen LogP contribution in [0.25, 0.3) is 17.2 Å². The average Bonchev–Trinajstić information content (AvgIpc) is 2.86. The van der Waals surface area contributed by atoms with Gasteiger partial charge >= 0.3 is 0 Å². The summed E-state index contributed by atoms with van der Waals surface area (Å²) in [7, 11) is 4.02. The van der Waals surface area contributed by atoms with Crippen LogP contribution in [0.4, 0.5) is 0 Å². The lowest BCUT2D eigenvalue weighted by molar-refractivity contribution is 0.104. The minimum atomic E-state index is -0.00200. The Morgan fingerprint density at radius 2 is 1.66 bits per heavy atom. The molecule has 35 heavy (non-hydrogen) atoms. The maximum absolute atomic E-state index is 13.2. The molecule has 0 aliphatic rings. The second-order valence-corrected chi connectivity index (χ2v) is 9.04. The number of ketones is 1. The number of rotatable bonds is 12. The average molecular weight is 471 g/mol. The SMILES string of the molecule is CCN(CC)CCOc1ccc(-c2ccccc2C)cc1C=CC(=O)c1ccccc1CN(C)C. The monoisotopic (exact) mass is 470 g/mol. The summed E-state index contributed by atoms with van der Waals surface area (Å²) in [5, 5.41) is 0. The van der Waals surface area contributed by atoms with Crippen molar-refractivity contribution in [2.75, 3.05) is 40.3 Å². The van der Waals surface area contributed by atoms with Gasteiger partial charge in [-0.3, -0.25) is 4.79 Å². The molecule has 0 N–H and O–H groups in total. The molecule has 0 bridgehead atoms. The molecular weight excluding hydrogens is 432 g/mol. The number of allylic oxidation sites excluding steroid dienone is 1. The molecule has 3 aromatic rings. The van der Waals surface area contributed by atoms with Crippen LogP contribution in [0.15, 0.2) is 72.8 Å². The van der Waals surface area contributed by atoms with E-state index in [1.54, 1.807) is 6.08 Å². The van der Waals surface area contributed by atoms with Gasteiger partial charge in [-0.15, -0.1) is 0 Å². The minimum absolute atomic E-state index is 0.00200. The number of nitrogens with zero attached hydrogens (tertiary/aromatic N) is 2. The van der Waals surface area contributed by atoms with Crippen molar-refractivity contribution in [2.24, 2.45) is 0 Å². The van der Waals surface area contributed by atoms with Gasteiger partial charge in [-0.1, -0.05) is 68.4 Å². The van der Waals surface area contributed by atoms with Crippen LogP contribution in [0.1, 0.15) is 40.9 Å². The zero-order chi connectivity index (χ0) is 25.2. The molecule has 4 heteroatoms. The van der Waals surface area contributed by atoms with E-state index < -0.39 is 0 Å². The van der Waals surface area contributed by atoms with Gasteiger partial charge in [-0.25, -0.2) is 0 Å². The minimum Gasteiger partial charge on any atom is -0.492 e. The summed E-state index contributed by atoms with van der Waals surface area (Å²) in [6, 6.07) is 22.4. The summed E-state index contributed by atoms with van der Waals surface area (Å²) in [4.78, 5) is 17.6. The molecule has 3 rings (SSSR count). The van der Waals surface area contributed by atoms with E-state index in [-0.39, 0.29) is 5.78 Å². The van der Waals surface area contributed by atoms with Crippen molar-refractivity contribution < 1.29 is 9.53 Å². The number of benzene rings is 3. The van der Waals surface area contributed by atoms with E-state index in [2.05, 4.69) is 60.9 Å². The van der Waals surface area contributed by atoms with Crippen LogP contribution in [0, 0.1) is 6.92 Å². The molecule has 4 nitrogen and oxygen atoms in total. The molecule has 0 saturated carbocycles.